The molecule has 7 heteroatoms. The first-order valence-electron chi connectivity index (χ1n) is 9.00. The highest BCUT2D eigenvalue weighted by atomic mass is 32.2. The van der Waals surface area contributed by atoms with E-state index in [9.17, 15) is 8.42 Å². The summed E-state index contributed by atoms with van der Waals surface area (Å²) in [6, 6.07) is 11.8. The van der Waals surface area contributed by atoms with Crippen LogP contribution in [-0.4, -0.2) is 39.9 Å². The Morgan fingerprint density at radius 2 is 1.69 bits per heavy atom. The molecule has 3 N–H and O–H groups in total. The predicted octanol–water partition coefficient (Wildman–Crippen LogP) is 0.788. The van der Waals surface area contributed by atoms with E-state index in [1.807, 2.05) is 19.9 Å². The fourth-order valence-electron chi connectivity index (χ4n) is 2.87. The lowest BCUT2D eigenvalue weighted by Gasteiger charge is -2.17. The number of aromatic amines is 1. The number of aromatic nitrogens is 1. The van der Waals surface area contributed by atoms with Gasteiger partial charge in [-0.15, -0.1) is 0 Å². The second kappa shape index (κ2) is 9.12. The zero-order valence-corrected chi connectivity index (χ0v) is 16.9. The Morgan fingerprint density at radius 3 is 2.23 bits per heavy atom. The van der Waals surface area contributed by atoms with Gasteiger partial charge < -0.3 is 4.90 Å². The molecular formula is C19H30N4O2S+2. The molecule has 0 fully saturated rings. The zero-order chi connectivity index (χ0) is 19.2. The first-order chi connectivity index (χ1) is 12.4. The number of benzene rings is 1. The molecule has 1 aromatic heterocycles. The van der Waals surface area contributed by atoms with Gasteiger partial charge in [0.2, 0.25) is 10.0 Å². The van der Waals surface area contributed by atoms with Crippen molar-refractivity contribution in [1.29, 1.82) is 0 Å². The van der Waals surface area contributed by atoms with Gasteiger partial charge in [0.15, 0.2) is 0 Å². The van der Waals surface area contributed by atoms with E-state index in [4.69, 9.17) is 0 Å². The first-order valence-corrected chi connectivity index (χ1v) is 10.4. The second-order valence-electron chi connectivity index (χ2n) is 6.53. The quantitative estimate of drug-likeness (QED) is 0.678. The van der Waals surface area contributed by atoms with E-state index in [0.29, 0.717) is 19.6 Å². The van der Waals surface area contributed by atoms with Gasteiger partial charge in [0.25, 0.3) is 5.82 Å². The van der Waals surface area contributed by atoms with Gasteiger partial charge in [0.1, 0.15) is 24.2 Å². The maximum Gasteiger partial charge on any atom is 0.272 e. The van der Waals surface area contributed by atoms with Crippen LogP contribution in [0, 0.1) is 0 Å². The molecule has 0 spiro atoms. The van der Waals surface area contributed by atoms with E-state index in [-0.39, 0.29) is 4.90 Å². The Kier molecular flexibility index (Phi) is 7.14. The Hall–Kier alpha value is -1.96. The summed E-state index contributed by atoms with van der Waals surface area (Å²) in [4.78, 5) is 4.71. The number of sulfonamides is 1. The minimum atomic E-state index is -3.43. The lowest BCUT2D eigenvalue weighted by Crippen LogP contribution is -3.04. The van der Waals surface area contributed by atoms with Crippen LogP contribution >= 0.6 is 0 Å². The molecule has 1 aromatic carbocycles. The van der Waals surface area contributed by atoms with Crippen LogP contribution in [0.3, 0.4) is 0 Å². The number of nitrogens with zero attached hydrogens (tertiary/aromatic N) is 1. The molecule has 26 heavy (non-hydrogen) atoms. The van der Waals surface area contributed by atoms with Crippen molar-refractivity contribution in [1.82, 2.24) is 4.31 Å². The smallest absolute Gasteiger partial charge is 0.272 e. The van der Waals surface area contributed by atoms with E-state index in [1.54, 1.807) is 18.3 Å². The summed E-state index contributed by atoms with van der Waals surface area (Å²) in [5, 5.41) is 3.34. The maximum atomic E-state index is 12.5. The summed E-state index contributed by atoms with van der Waals surface area (Å²) in [7, 11) is 0.830. The molecule has 2 aromatic rings. The summed E-state index contributed by atoms with van der Waals surface area (Å²) in [6.45, 7) is 6.25. The average Bonchev–Trinajstić information content (AvgIpc) is 2.61. The van der Waals surface area contributed by atoms with E-state index < -0.39 is 10.0 Å². The molecule has 0 saturated carbocycles. The Labute approximate surface area is 156 Å². The van der Waals surface area contributed by atoms with Crippen LogP contribution < -0.4 is 15.2 Å². The molecule has 0 aliphatic rings. The third-order valence-corrected chi connectivity index (χ3v) is 6.30. The molecule has 0 aliphatic heterocycles. The minimum absolute atomic E-state index is 0.281. The molecule has 0 radical (unpaired) electrons. The van der Waals surface area contributed by atoms with Crippen molar-refractivity contribution in [3.8, 4) is 0 Å². The number of nitrogens with one attached hydrogen (secondary N) is 3. The van der Waals surface area contributed by atoms with Gasteiger partial charge in [-0.05, 0) is 6.07 Å². The molecule has 2 rings (SSSR count). The Balaban J connectivity index is 2.09. The molecule has 0 bridgehead atoms. The number of pyridine rings is 1. The van der Waals surface area contributed by atoms with Crippen LogP contribution in [0.15, 0.2) is 47.5 Å². The van der Waals surface area contributed by atoms with Crippen molar-refractivity contribution >= 4 is 15.8 Å². The standard InChI is InChI=1S/C19H28N4O2S/c1-5-23(6-2)26(24,25)18-11-12-19(21-14-18)20-13-16-9-7-8-10-17(16)15-22(3)4/h7-12,14H,5-6,13,15H2,1-4H3,(H,20,21)/p+2. The van der Waals surface area contributed by atoms with Crippen molar-refractivity contribution in [2.45, 2.75) is 31.8 Å². The normalized spacial score (nSPS) is 11.9. The first kappa shape index (κ1) is 20.4. The van der Waals surface area contributed by atoms with Gasteiger partial charge in [-0.2, -0.15) is 4.31 Å². The number of anilines is 1. The summed E-state index contributed by atoms with van der Waals surface area (Å²) < 4.78 is 26.5. The lowest BCUT2D eigenvalue weighted by atomic mass is 10.1. The van der Waals surface area contributed by atoms with Crippen molar-refractivity contribution in [2.75, 3.05) is 32.5 Å². The maximum absolute atomic E-state index is 12.5. The molecule has 1 heterocycles. The molecule has 0 unspecified atom stereocenters. The third-order valence-electron chi connectivity index (χ3n) is 4.26. The van der Waals surface area contributed by atoms with Crippen molar-refractivity contribution in [3.05, 3.63) is 53.7 Å². The number of H-pyrrole nitrogens is 1. The molecule has 0 amide bonds. The molecule has 142 valence electrons. The largest absolute Gasteiger partial charge is 0.336 e. The molecule has 0 aliphatic carbocycles. The number of hydrogen-bond donors (Lipinski definition) is 2. The third kappa shape index (κ3) is 5.03. The number of quaternary nitrogens is 1. The van der Waals surface area contributed by atoms with E-state index in [0.717, 1.165) is 12.4 Å². The second-order valence-corrected chi connectivity index (χ2v) is 8.47. The van der Waals surface area contributed by atoms with Gasteiger partial charge in [-0.25, -0.2) is 13.4 Å². The van der Waals surface area contributed by atoms with Gasteiger partial charge >= 0.3 is 0 Å². The van der Waals surface area contributed by atoms with Crippen molar-refractivity contribution < 1.29 is 18.3 Å². The van der Waals surface area contributed by atoms with Crippen molar-refractivity contribution in [2.24, 2.45) is 0 Å². The number of rotatable bonds is 9. The number of hydrogen-bond acceptors (Lipinski definition) is 3. The fourth-order valence-corrected chi connectivity index (χ4v) is 4.29. The average molecular weight is 379 g/mol. The molecule has 6 nitrogen and oxygen atoms in total. The van der Waals surface area contributed by atoms with Gasteiger partial charge in [-0.1, -0.05) is 38.1 Å². The van der Waals surface area contributed by atoms with E-state index in [2.05, 4.69) is 42.6 Å². The van der Waals surface area contributed by atoms with Crippen LogP contribution in [0.1, 0.15) is 25.0 Å². The monoisotopic (exact) mass is 378 g/mol. The van der Waals surface area contributed by atoms with Crippen LogP contribution in [0.5, 0.6) is 0 Å². The van der Waals surface area contributed by atoms with Gasteiger partial charge in [0, 0.05) is 30.3 Å². The Morgan fingerprint density at radius 1 is 1.04 bits per heavy atom. The molecular weight excluding hydrogens is 348 g/mol. The summed E-state index contributed by atoms with van der Waals surface area (Å²) >= 11 is 0. The highest BCUT2D eigenvalue weighted by molar-refractivity contribution is 7.89. The zero-order valence-electron chi connectivity index (χ0n) is 16.0. The van der Waals surface area contributed by atoms with Crippen molar-refractivity contribution in [3.63, 3.8) is 0 Å². The van der Waals surface area contributed by atoms with Crippen LogP contribution in [-0.2, 0) is 23.1 Å². The van der Waals surface area contributed by atoms with Crippen LogP contribution in [0.2, 0.25) is 0 Å². The summed E-state index contributed by atoms with van der Waals surface area (Å²) in [5.41, 5.74) is 2.54. The molecule has 0 saturated heterocycles. The highest BCUT2D eigenvalue weighted by Crippen LogP contribution is 2.15. The minimum Gasteiger partial charge on any atom is -0.336 e. The van der Waals surface area contributed by atoms with E-state index >= 15 is 0 Å². The summed E-state index contributed by atoms with van der Waals surface area (Å²) in [6.07, 6.45) is 1.55. The SMILES string of the molecule is CCN(CC)S(=O)(=O)c1ccc(NCc2ccccc2C[NH+](C)C)[nH+]c1. The lowest BCUT2D eigenvalue weighted by molar-refractivity contribution is -0.872. The molecule has 0 atom stereocenters. The Bertz CT molecular complexity index is 801. The summed E-state index contributed by atoms with van der Waals surface area (Å²) in [5.74, 6) is 0.788. The van der Waals surface area contributed by atoms with Crippen LogP contribution in [0.25, 0.3) is 0 Å². The topological polar surface area (TPSA) is 68.0 Å². The van der Waals surface area contributed by atoms with Crippen LogP contribution in [0.4, 0.5) is 5.82 Å². The fraction of sp³-hybridized carbons (Fsp3) is 0.421. The highest BCUT2D eigenvalue weighted by Gasteiger charge is 2.22. The predicted molar refractivity (Wildman–Crippen MR) is 103 cm³/mol. The van der Waals surface area contributed by atoms with E-state index in [1.165, 1.54) is 20.3 Å². The van der Waals surface area contributed by atoms with Gasteiger partial charge in [0.05, 0.1) is 14.1 Å². The van der Waals surface area contributed by atoms with Gasteiger partial charge in [-0.3, -0.25) is 5.32 Å².